The monoisotopic (exact) mass is 598 g/mol. The fourth-order valence-corrected chi connectivity index (χ4v) is 10.2. The smallest absolute Gasteiger partial charge is 0.207 e. The van der Waals surface area contributed by atoms with Crippen molar-refractivity contribution < 1.29 is 8.42 Å². The summed E-state index contributed by atoms with van der Waals surface area (Å²) in [5.74, 6) is -0.0258. The number of hydrogen-bond donors (Lipinski definition) is 0. The molecule has 0 fully saturated rings. The van der Waals surface area contributed by atoms with Gasteiger partial charge in [-0.1, -0.05) is 127 Å². The Labute approximate surface area is 264 Å². The molecule has 6 aromatic rings. The maximum atomic E-state index is 14.2. The minimum absolute atomic E-state index is 0.0258. The topological polar surface area (TPSA) is 34.1 Å². The Morgan fingerprint density at radius 2 is 1.13 bits per heavy atom. The Morgan fingerprint density at radius 1 is 0.533 bits per heavy atom. The van der Waals surface area contributed by atoms with Gasteiger partial charge in [0.2, 0.25) is 9.84 Å². The zero-order valence-electron chi connectivity index (χ0n) is 25.1. The molecule has 9 rings (SSSR count). The molecule has 45 heavy (non-hydrogen) atoms. The first-order valence-electron chi connectivity index (χ1n) is 15.5. The van der Waals surface area contributed by atoms with Crippen LogP contribution in [-0.4, -0.2) is 8.42 Å². The second-order valence-electron chi connectivity index (χ2n) is 12.5. The molecule has 3 aliphatic rings. The molecule has 0 saturated heterocycles. The van der Waals surface area contributed by atoms with Crippen molar-refractivity contribution in [3.05, 3.63) is 184 Å². The summed E-state index contributed by atoms with van der Waals surface area (Å²) in [7, 11) is -3.68. The summed E-state index contributed by atoms with van der Waals surface area (Å²) in [5, 5.41) is 0. The normalized spacial score (nSPS) is 17.8. The van der Waals surface area contributed by atoms with Gasteiger partial charge in [-0.2, -0.15) is 0 Å². The molecular formula is C42H30O2S. The molecule has 0 amide bonds. The zero-order chi connectivity index (χ0) is 30.5. The molecule has 0 bridgehead atoms. The van der Waals surface area contributed by atoms with Gasteiger partial charge in [0.15, 0.2) is 0 Å². The van der Waals surface area contributed by atoms with Gasteiger partial charge in [0.05, 0.1) is 15.2 Å². The molecule has 0 saturated carbocycles. The highest BCUT2D eigenvalue weighted by atomic mass is 32.2. The highest BCUT2D eigenvalue weighted by Gasteiger charge is 2.46. The van der Waals surface area contributed by atoms with E-state index in [0.717, 1.165) is 27.8 Å². The summed E-state index contributed by atoms with van der Waals surface area (Å²) in [6.45, 7) is 4.25. The molecule has 6 aromatic carbocycles. The van der Waals surface area contributed by atoms with Gasteiger partial charge in [0, 0.05) is 5.92 Å². The van der Waals surface area contributed by atoms with Gasteiger partial charge in [0.25, 0.3) is 0 Å². The number of fused-ring (bicyclic) bond motifs is 5. The van der Waals surface area contributed by atoms with Crippen LogP contribution in [0.4, 0.5) is 0 Å². The lowest BCUT2D eigenvalue weighted by atomic mass is 9.67. The van der Waals surface area contributed by atoms with Gasteiger partial charge in [-0.25, -0.2) is 8.42 Å². The average molecular weight is 599 g/mol. The number of allylic oxidation sites excluding steroid dienone is 2. The standard InChI is InChI=1S/C42H30O2S/c1-26-27(2)40-35-23-21-29(25-39(35)45(43,44)38-19-11-17-32(26)41(38)40)28-20-22-34-33-16-9-10-18-36(33)42(37(34)24-28,30-12-5-3-6-13-30)31-14-7-4-8-15-31/h3-25,40H,1-2H3. The summed E-state index contributed by atoms with van der Waals surface area (Å²) in [5.41, 5.74) is 14.0. The van der Waals surface area contributed by atoms with Crippen LogP contribution >= 0.6 is 0 Å². The van der Waals surface area contributed by atoms with Crippen LogP contribution in [0.2, 0.25) is 0 Å². The highest BCUT2D eigenvalue weighted by Crippen LogP contribution is 2.57. The lowest BCUT2D eigenvalue weighted by molar-refractivity contribution is 0.589. The fraction of sp³-hybridized carbons (Fsp3) is 0.0952. The fourth-order valence-electron chi connectivity index (χ4n) is 8.36. The Kier molecular flexibility index (Phi) is 5.44. The van der Waals surface area contributed by atoms with Gasteiger partial charge in [-0.3, -0.25) is 0 Å². The van der Waals surface area contributed by atoms with Crippen molar-refractivity contribution in [3.8, 4) is 22.3 Å². The third-order valence-electron chi connectivity index (χ3n) is 10.5. The molecule has 0 N–H and O–H groups in total. The van der Waals surface area contributed by atoms with E-state index in [2.05, 4.69) is 135 Å². The average Bonchev–Trinajstić information content (AvgIpc) is 3.53. The van der Waals surface area contributed by atoms with E-state index in [0.29, 0.717) is 9.79 Å². The number of sulfone groups is 1. The summed E-state index contributed by atoms with van der Waals surface area (Å²) >= 11 is 0. The van der Waals surface area contributed by atoms with E-state index < -0.39 is 15.3 Å². The number of rotatable bonds is 3. The maximum absolute atomic E-state index is 14.2. The quantitative estimate of drug-likeness (QED) is 0.203. The van der Waals surface area contributed by atoms with Crippen LogP contribution < -0.4 is 0 Å². The second-order valence-corrected chi connectivity index (χ2v) is 14.4. The van der Waals surface area contributed by atoms with Crippen molar-refractivity contribution in [1.29, 1.82) is 0 Å². The molecular weight excluding hydrogens is 569 g/mol. The first kappa shape index (κ1) is 26.4. The van der Waals surface area contributed by atoms with Crippen LogP contribution in [-0.2, 0) is 15.3 Å². The Morgan fingerprint density at radius 3 is 1.87 bits per heavy atom. The van der Waals surface area contributed by atoms with Gasteiger partial charge in [0.1, 0.15) is 0 Å². The Hall–Kier alpha value is -4.99. The van der Waals surface area contributed by atoms with Gasteiger partial charge < -0.3 is 0 Å². The van der Waals surface area contributed by atoms with Crippen LogP contribution in [0.25, 0.3) is 27.8 Å². The van der Waals surface area contributed by atoms with Crippen molar-refractivity contribution in [2.75, 3.05) is 0 Å². The summed E-state index contributed by atoms with van der Waals surface area (Å²) in [6.07, 6.45) is 0. The lowest BCUT2D eigenvalue weighted by Gasteiger charge is -2.34. The summed E-state index contributed by atoms with van der Waals surface area (Å²) in [4.78, 5) is 0.868. The van der Waals surface area contributed by atoms with Crippen LogP contribution in [0.3, 0.4) is 0 Å². The second kappa shape index (κ2) is 9.26. The molecule has 0 radical (unpaired) electrons. The van der Waals surface area contributed by atoms with E-state index in [1.165, 1.54) is 44.5 Å². The molecule has 1 unspecified atom stereocenters. The van der Waals surface area contributed by atoms with Crippen LogP contribution in [0.1, 0.15) is 58.7 Å². The Balaban J connectivity index is 1.29. The molecule has 0 aromatic heterocycles. The van der Waals surface area contributed by atoms with Crippen molar-refractivity contribution in [2.45, 2.75) is 35.0 Å². The third kappa shape index (κ3) is 3.37. The SMILES string of the molecule is CC1=C(C)C2c3ccc(-c4ccc5c(c4)C(c4ccccc4)(c4ccccc4)c4ccccc4-5)cc3S(=O)(=O)c3cccc1c32. The van der Waals surface area contributed by atoms with Gasteiger partial charge >= 0.3 is 0 Å². The van der Waals surface area contributed by atoms with Crippen LogP contribution in [0.5, 0.6) is 0 Å². The first-order chi connectivity index (χ1) is 21.9. The van der Waals surface area contributed by atoms with E-state index in [-0.39, 0.29) is 5.92 Å². The predicted octanol–water partition coefficient (Wildman–Crippen LogP) is 9.80. The van der Waals surface area contributed by atoms with Crippen LogP contribution in [0, 0.1) is 0 Å². The summed E-state index contributed by atoms with van der Waals surface area (Å²) in [6, 6.07) is 48.7. The van der Waals surface area contributed by atoms with E-state index in [1.807, 2.05) is 12.1 Å². The van der Waals surface area contributed by atoms with Crippen molar-refractivity contribution in [2.24, 2.45) is 0 Å². The van der Waals surface area contributed by atoms with E-state index in [1.54, 1.807) is 6.07 Å². The largest absolute Gasteiger partial charge is 0.218 e. The lowest BCUT2D eigenvalue weighted by Crippen LogP contribution is -2.28. The zero-order valence-corrected chi connectivity index (χ0v) is 25.9. The maximum Gasteiger partial charge on any atom is 0.207 e. The van der Waals surface area contributed by atoms with E-state index >= 15 is 0 Å². The predicted molar refractivity (Wildman–Crippen MR) is 181 cm³/mol. The summed E-state index contributed by atoms with van der Waals surface area (Å²) < 4.78 is 28.4. The van der Waals surface area contributed by atoms with E-state index in [9.17, 15) is 8.42 Å². The van der Waals surface area contributed by atoms with Crippen molar-refractivity contribution >= 4 is 15.4 Å². The highest BCUT2D eigenvalue weighted by molar-refractivity contribution is 7.91. The number of hydrogen-bond acceptors (Lipinski definition) is 2. The molecule has 0 spiro atoms. The molecule has 3 heteroatoms. The molecule has 1 heterocycles. The van der Waals surface area contributed by atoms with Crippen molar-refractivity contribution in [1.82, 2.24) is 0 Å². The Bertz CT molecular complexity index is 2310. The minimum atomic E-state index is -3.68. The molecule has 1 aliphatic heterocycles. The number of benzene rings is 6. The minimum Gasteiger partial charge on any atom is -0.218 e. The molecule has 216 valence electrons. The van der Waals surface area contributed by atoms with E-state index in [4.69, 9.17) is 0 Å². The van der Waals surface area contributed by atoms with Gasteiger partial charge in [-0.05, 0) is 98.8 Å². The van der Waals surface area contributed by atoms with Crippen LogP contribution in [0.15, 0.2) is 155 Å². The first-order valence-corrected chi connectivity index (χ1v) is 17.0. The molecule has 2 aliphatic carbocycles. The third-order valence-corrected chi connectivity index (χ3v) is 12.3. The van der Waals surface area contributed by atoms with Crippen molar-refractivity contribution in [3.63, 3.8) is 0 Å². The molecule has 2 nitrogen and oxygen atoms in total. The van der Waals surface area contributed by atoms with Gasteiger partial charge in [-0.15, -0.1) is 0 Å². The molecule has 1 atom stereocenters.